The monoisotopic (exact) mass is 333 g/mol. The second-order valence-electron chi connectivity index (χ2n) is 5.42. The molecule has 7 heteroatoms. The number of rotatable bonds is 4. The summed E-state index contributed by atoms with van der Waals surface area (Å²) in [5.41, 5.74) is 6.83. The van der Waals surface area contributed by atoms with E-state index in [-0.39, 0.29) is 29.1 Å². The second-order valence-corrected chi connectivity index (χ2v) is 5.86. The average Bonchev–Trinajstić information content (AvgIpc) is 2.41. The molecule has 5 nitrogen and oxygen atoms in total. The summed E-state index contributed by atoms with van der Waals surface area (Å²) in [4.78, 5) is 13.0. The number of hydrogen-bond donors (Lipinski definition) is 1. The molecule has 2 rings (SSSR count). The maximum Gasteiger partial charge on any atom is 0.275 e. The van der Waals surface area contributed by atoms with Gasteiger partial charge in [0.05, 0.1) is 4.92 Å². The molecular formula is C14H21Cl2N3O2. The van der Waals surface area contributed by atoms with Crippen LogP contribution in [0.4, 0.5) is 5.69 Å². The minimum atomic E-state index is -0.369. The molecule has 1 aliphatic heterocycles. The Bertz CT molecular complexity index is 497. The van der Waals surface area contributed by atoms with Crippen molar-refractivity contribution in [1.29, 1.82) is 0 Å². The van der Waals surface area contributed by atoms with Crippen molar-refractivity contribution in [3.63, 3.8) is 0 Å². The smallest absolute Gasteiger partial charge is 0.275 e. The lowest BCUT2D eigenvalue weighted by atomic mass is 9.96. The highest BCUT2D eigenvalue weighted by molar-refractivity contribution is 6.30. The van der Waals surface area contributed by atoms with Crippen molar-refractivity contribution in [3.05, 3.63) is 38.9 Å². The number of nitro benzene ring substituents is 1. The Balaban J connectivity index is 0.00000220. The SMILES string of the molecule is CC(N)C1CCCCN1Cc1ccc(Cl)cc1[N+](=O)[O-].Cl. The number of piperidine rings is 1. The molecule has 0 amide bonds. The molecule has 0 radical (unpaired) electrons. The van der Waals surface area contributed by atoms with Crippen molar-refractivity contribution in [2.45, 2.75) is 44.8 Å². The molecule has 0 aromatic heterocycles. The van der Waals surface area contributed by atoms with Gasteiger partial charge in [0.1, 0.15) is 0 Å². The quantitative estimate of drug-likeness (QED) is 0.677. The molecule has 2 unspecified atom stereocenters. The van der Waals surface area contributed by atoms with E-state index >= 15 is 0 Å². The average molecular weight is 334 g/mol. The number of halogens is 2. The fourth-order valence-corrected chi connectivity index (χ4v) is 3.03. The van der Waals surface area contributed by atoms with E-state index in [1.165, 1.54) is 12.5 Å². The number of likely N-dealkylation sites (tertiary alicyclic amines) is 1. The molecular weight excluding hydrogens is 313 g/mol. The van der Waals surface area contributed by atoms with Crippen LogP contribution in [0.1, 0.15) is 31.7 Å². The third-order valence-electron chi connectivity index (χ3n) is 3.89. The molecule has 21 heavy (non-hydrogen) atoms. The van der Waals surface area contributed by atoms with Crippen molar-refractivity contribution in [1.82, 2.24) is 4.90 Å². The van der Waals surface area contributed by atoms with Gasteiger partial charge in [0, 0.05) is 35.3 Å². The van der Waals surface area contributed by atoms with Crippen molar-refractivity contribution < 1.29 is 4.92 Å². The minimum absolute atomic E-state index is 0. The molecule has 0 spiro atoms. The van der Waals surface area contributed by atoms with E-state index in [1.54, 1.807) is 12.1 Å². The van der Waals surface area contributed by atoms with E-state index in [0.29, 0.717) is 23.2 Å². The summed E-state index contributed by atoms with van der Waals surface area (Å²) in [5.74, 6) is 0. The molecule has 1 aliphatic rings. The molecule has 0 aliphatic carbocycles. The normalized spacial score (nSPS) is 20.6. The molecule has 2 N–H and O–H groups in total. The van der Waals surface area contributed by atoms with Crippen LogP contribution in [0, 0.1) is 10.1 Å². The molecule has 1 aromatic carbocycles. The van der Waals surface area contributed by atoms with Gasteiger partial charge in [0.25, 0.3) is 5.69 Å². The Kier molecular flexibility index (Phi) is 6.87. The van der Waals surface area contributed by atoms with Gasteiger partial charge in [-0.1, -0.05) is 18.0 Å². The highest BCUT2D eigenvalue weighted by Gasteiger charge is 2.27. The van der Waals surface area contributed by atoms with Crippen LogP contribution in [0.5, 0.6) is 0 Å². The minimum Gasteiger partial charge on any atom is -0.327 e. The van der Waals surface area contributed by atoms with Crippen LogP contribution in [0.25, 0.3) is 0 Å². The zero-order chi connectivity index (χ0) is 14.7. The van der Waals surface area contributed by atoms with Crippen LogP contribution in [-0.4, -0.2) is 28.5 Å². The lowest BCUT2D eigenvalue weighted by Gasteiger charge is -2.37. The summed E-state index contributed by atoms with van der Waals surface area (Å²) in [6.45, 7) is 3.49. The fourth-order valence-electron chi connectivity index (χ4n) is 2.87. The summed E-state index contributed by atoms with van der Waals surface area (Å²) >= 11 is 5.84. The summed E-state index contributed by atoms with van der Waals surface area (Å²) in [6.07, 6.45) is 3.34. The maximum atomic E-state index is 11.1. The Hall–Kier alpha value is -0.880. The van der Waals surface area contributed by atoms with Gasteiger partial charge in [0.2, 0.25) is 0 Å². The van der Waals surface area contributed by atoms with Gasteiger partial charge in [0.15, 0.2) is 0 Å². The largest absolute Gasteiger partial charge is 0.327 e. The van der Waals surface area contributed by atoms with Gasteiger partial charge >= 0.3 is 0 Å². The van der Waals surface area contributed by atoms with Crippen molar-refractivity contribution in [2.24, 2.45) is 5.73 Å². The summed E-state index contributed by atoms with van der Waals surface area (Å²) in [6, 6.07) is 5.23. The van der Waals surface area contributed by atoms with Gasteiger partial charge < -0.3 is 5.73 Å². The Morgan fingerprint density at radius 1 is 1.52 bits per heavy atom. The van der Waals surface area contributed by atoms with E-state index in [9.17, 15) is 10.1 Å². The zero-order valence-corrected chi connectivity index (χ0v) is 13.6. The van der Waals surface area contributed by atoms with E-state index < -0.39 is 0 Å². The summed E-state index contributed by atoms with van der Waals surface area (Å²) in [5, 5.41) is 11.5. The molecule has 1 saturated heterocycles. The van der Waals surface area contributed by atoms with Gasteiger partial charge in [-0.05, 0) is 38.4 Å². The molecule has 118 valence electrons. The fraction of sp³-hybridized carbons (Fsp3) is 0.571. The molecule has 1 aromatic rings. The molecule has 0 bridgehead atoms. The third-order valence-corrected chi connectivity index (χ3v) is 4.12. The first-order valence-corrected chi connectivity index (χ1v) is 7.29. The van der Waals surface area contributed by atoms with Crippen LogP contribution in [0.2, 0.25) is 5.02 Å². The number of nitrogens with two attached hydrogens (primary N) is 1. The van der Waals surface area contributed by atoms with Crippen molar-refractivity contribution in [2.75, 3.05) is 6.54 Å². The number of nitro groups is 1. The van der Waals surface area contributed by atoms with Crippen LogP contribution < -0.4 is 5.73 Å². The first-order chi connectivity index (χ1) is 9.49. The first-order valence-electron chi connectivity index (χ1n) is 6.91. The lowest BCUT2D eigenvalue weighted by Crippen LogP contribution is -2.48. The van der Waals surface area contributed by atoms with Crippen LogP contribution >= 0.6 is 24.0 Å². The van der Waals surface area contributed by atoms with Gasteiger partial charge in [-0.15, -0.1) is 12.4 Å². The molecule has 1 fully saturated rings. The Labute approximate surface area is 136 Å². The van der Waals surface area contributed by atoms with E-state index in [2.05, 4.69) is 4.90 Å². The third kappa shape index (κ3) is 4.54. The number of nitrogens with zero attached hydrogens (tertiary/aromatic N) is 2. The van der Waals surface area contributed by atoms with Crippen LogP contribution in [0.3, 0.4) is 0 Å². The maximum absolute atomic E-state index is 11.1. The van der Waals surface area contributed by atoms with E-state index in [1.807, 2.05) is 6.92 Å². The van der Waals surface area contributed by atoms with Crippen LogP contribution in [0.15, 0.2) is 18.2 Å². The Morgan fingerprint density at radius 3 is 2.86 bits per heavy atom. The molecule has 1 heterocycles. The van der Waals surface area contributed by atoms with Crippen LogP contribution in [-0.2, 0) is 6.54 Å². The van der Waals surface area contributed by atoms with Gasteiger partial charge in [-0.3, -0.25) is 15.0 Å². The second kappa shape index (κ2) is 7.94. The standard InChI is InChI=1S/C14H20ClN3O2.ClH/c1-10(16)13-4-2-3-7-17(13)9-11-5-6-12(15)8-14(11)18(19)20;/h5-6,8,10,13H,2-4,7,9,16H2,1H3;1H. The highest BCUT2D eigenvalue weighted by atomic mass is 35.5. The number of hydrogen-bond acceptors (Lipinski definition) is 4. The lowest BCUT2D eigenvalue weighted by molar-refractivity contribution is -0.385. The van der Waals surface area contributed by atoms with Gasteiger partial charge in [-0.2, -0.15) is 0 Å². The summed E-state index contributed by atoms with van der Waals surface area (Å²) in [7, 11) is 0. The summed E-state index contributed by atoms with van der Waals surface area (Å²) < 4.78 is 0. The molecule has 0 saturated carbocycles. The van der Waals surface area contributed by atoms with Crippen molar-refractivity contribution in [3.8, 4) is 0 Å². The predicted octanol–water partition coefficient (Wildman–Crippen LogP) is 3.37. The number of benzene rings is 1. The zero-order valence-electron chi connectivity index (χ0n) is 12.0. The first kappa shape index (κ1) is 18.2. The Morgan fingerprint density at radius 2 is 2.24 bits per heavy atom. The predicted molar refractivity (Wildman–Crippen MR) is 87.1 cm³/mol. The van der Waals surface area contributed by atoms with Gasteiger partial charge in [-0.25, -0.2) is 0 Å². The van der Waals surface area contributed by atoms with Crippen molar-refractivity contribution >= 4 is 29.7 Å². The van der Waals surface area contributed by atoms with E-state index in [4.69, 9.17) is 17.3 Å². The van der Waals surface area contributed by atoms with E-state index in [0.717, 1.165) is 19.4 Å². The molecule has 2 atom stereocenters. The highest BCUT2D eigenvalue weighted by Crippen LogP contribution is 2.27. The topological polar surface area (TPSA) is 72.4 Å².